The number of aromatic nitrogens is 2. The quantitative estimate of drug-likeness (QED) is 0.627. The number of nitrogens with zero attached hydrogens (tertiary/aromatic N) is 3. The number of likely N-dealkylation sites (tertiary alicyclic amines) is 1. The molecular formula is C23H27BFN3O. The molecule has 3 aromatic rings. The Labute approximate surface area is 172 Å². The molecule has 1 fully saturated rings. The summed E-state index contributed by atoms with van der Waals surface area (Å²) in [5.41, 5.74) is 5.06. The summed E-state index contributed by atoms with van der Waals surface area (Å²) in [5.74, 6) is -0.198. The van der Waals surface area contributed by atoms with Gasteiger partial charge in [0.25, 0.3) is 0 Å². The van der Waals surface area contributed by atoms with E-state index in [4.69, 9.17) is 4.74 Å². The highest BCUT2D eigenvalue weighted by atomic mass is 19.1. The number of piperidine rings is 1. The summed E-state index contributed by atoms with van der Waals surface area (Å²) in [4.78, 5) is 11.3. The Kier molecular flexibility index (Phi) is 5.66. The second-order valence-corrected chi connectivity index (χ2v) is 8.32. The summed E-state index contributed by atoms with van der Waals surface area (Å²) in [6, 6.07) is 11.1. The van der Waals surface area contributed by atoms with E-state index in [1.807, 2.05) is 12.1 Å². The van der Waals surface area contributed by atoms with Crippen LogP contribution in [0.25, 0.3) is 11.0 Å². The Hall–Kier alpha value is -2.31. The maximum absolute atomic E-state index is 13.5. The predicted molar refractivity (Wildman–Crippen MR) is 117 cm³/mol. The summed E-state index contributed by atoms with van der Waals surface area (Å²) in [6.45, 7) is 4.70. The fraction of sp³-hybridized carbons (Fsp3) is 0.391. The molecule has 0 radical (unpaired) electrons. The molecule has 0 saturated carbocycles. The van der Waals surface area contributed by atoms with Crippen molar-refractivity contribution in [2.45, 2.75) is 31.3 Å². The molecule has 0 spiro atoms. The molecular weight excluding hydrogens is 364 g/mol. The van der Waals surface area contributed by atoms with Gasteiger partial charge in [0.15, 0.2) is 0 Å². The van der Waals surface area contributed by atoms with Gasteiger partial charge in [0.1, 0.15) is 13.7 Å². The summed E-state index contributed by atoms with van der Waals surface area (Å²) < 4.78 is 20.0. The molecule has 1 saturated heterocycles. The Morgan fingerprint density at radius 3 is 2.55 bits per heavy atom. The fourth-order valence-corrected chi connectivity index (χ4v) is 4.30. The van der Waals surface area contributed by atoms with Crippen LogP contribution >= 0.6 is 0 Å². The van der Waals surface area contributed by atoms with E-state index in [-0.39, 0.29) is 17.3 Å². The van der Waals surface area contributed by atoms with Gasteiger partial charge in [-0.1, -0.05) is 23.7 Å². The number of ether oxygens (including phenoxy) is 1. The van der Waals surface area contributed by atoms with E-state index < -0.39 is 0 Å². The minimum atomic E-state index is -0.198. The minimum absolute atomic E-state index is 0.0974. The monoisotopic (exact) mass is 391 g/mol. The van der Waals surface area contributed by atoms with Crippen molar-refractivity contribution in [3.05, 3.63) is 65.7 Å². The summed E-state index contributed by atoms with van der Waals surface area (Å²) in [7, 11) is 4.22. The molecule has 1 aliphatic heterocycles. The molecule has 1 atom stereocenters. The standard InChI is InChI=1S/C23H27BFN3O/c1-16(20-13-18(24)14-21-22(20)27-10-9-26-21)29-15-23(7-11-28(2)12-8-23)17-3-5-19(25)6-4-17/h3-6,9-10,13-14,16H,7-8,11-12,15,24H2,1-2H3. The number of fused-ring (bicyclic) bond motifs is 1. The topological polar surface area (TPSA) is 38.2 Å². The molecule has 0 bridgehead atoms. The third-order valence-electron chi connectivity index (χ3n) is 6.20. The van der Waals surface area contributed by atoms with Crippen molar-refractivity contribution in [2.24, 2.45) is 0 Å². The lowest BCUT2D eigenvalue weighted by atomic mass is 9.73. The molecule has 150 valence electrons. The van der Waals surface area contributed by atoms with Crippen LogP contribution in [0.5, 0.6) is 0 Å². The number of hydrogen-bond acceptors (Lipinski definition) is 4. The molecule has 4 rings (SSSR count). The van der Waals surface area contributed by atoms with Gasteiger partial charge in [-0.15, -0.1) is 0 Å². The molecule has 4 nitrogen and oxygen atoms in total. The third-order valence-corrected chi connectivity index (χ3v) is 6.20. The maximum atomic E-state index is 13.5. The number of hydrogen-bond donors (Lipinski definition) is 0. The molecule has 1 unspecified atom stereocenters. The van der Waals surface area contributed by atoms with Crippen LogP contribution in [-0.4, -0.2) is 49.5 Å². The second kappa shape index (κ2) is 8.21. The zero-order valence-corrected chi connectivity index (χ0v) is 17.4. The van der Waals surface area contributed by atoms with Gasteiger partial charge in [-0.05, 0) is 63.7 Å². The predicted octanol–water partition coefficient (Wildman–Crippen LogP) is 2.77. The summed E-state index contributed by atoms with van der Waals surface area (Å²) >= 11 is 0. The van der Waals surface area contributed by atoms with E-state index in [9.17, 15) is 4.39 Å². The van der Waals surface area contributed by atoms with Gasteiger partial charge < -0.3 is 9.64 Å². The van der Waals surface area contributed by atoms with Gasteiger partial charge in [0.05, 0.1) is 23.7 Å². The minimum Gasteiger partial charge on any atom is -0.373 e. The largest absolute Gasteiger partial charge is 0.373 e. The average molecular weight is 391 g/mol. The first-order valence-corrected chi connectivity index (χ1v) is 10.2. The van der Waals surface area contributed by atoms with Crippen LogP contribution in [0, 0.1) is 5.82 Å². The number of rotatable bonds is 5. The molecule has 29 heavy (non-hydrogen) atoms. The highest BCUT2D eigenvalue weighted by Gasteiger charge is 2.36. The van der Waals surface area contributed by atoms with Crippen LogP contribution in [-0.2, 0) is 10.2 Å². The maximum Gasteiger partial charge on any atom is 0.139 e. The molecule has 0 N–H and O–H groups in total. The van der Waals surface area contributed by atoms with Gasteiger partial charge in [0, 0.05) is 23.4 Å². The lowest BCUT2D eigenvalue weighted by molar-refractivity contribution is 0.00699. The first kappa shape index (κ1) is 20.0. The van der Waals surface area contributed by atoms with Crippen molar-refractivity contribution in [2.75, 3.05) is 26.7 Å². The zero-order chi connectivity index (χ0) is 20.4. The molecule has 0 aliphatic carbocycles. The van der Waals surface area contributed by atoms with Crippen molar-refractivity contribution >= 4 is 24.3 Å². The van der Waals surface area contributed by atoms with Crippen LogP contribution in [0.4, 0.5) is 4.39 Å². The van der Waals surface area contributed by atoms with Crippen LogP contribution < -0.4 is 5.46 Å². The first-order chi connectivity index (χ1) is 14.0. The molecule has 2 heterocycles. The molecule has 1 aromatic heterocycles. The van der Waals surface area contributed by atoms with E-state index in [2.05, 4.69) is 48.8 Å². The van der Waals surface area contributed by atoms with E-state index >= 15 is 0 Å². The van der Waals surface area contributed by atoms with Crippen molar-refractivity contribution in [3.8, 4) is 0 Å². The fourth-order valence-electron chi connectivity index (χ4n) is 4.30. The lowest BCUT2D eigenvalue weighted by Crippen LogP contribution is -2.44. The smallest absolute Gasteiger partial charge is 0.139 e. The van der Waals surface area contributed by atoms with E-state index in [1.54, 1.807) is 24.5 Å². The summed E-state index contributed by atoms with van der Waals surface area (Å²) in [5, 5.41) is 0. The molecule has 2 aromatic carbocycles. The molecule has 0 amide bonds. The first-order valence-electron chi connectivity index (χ1n) is 10.2. The van der Waals surface area contributed by atoms with E-state index in [0.717, 1.165) is 53.6 Å². The normalized spacial score (nSPS) is 18.0. The van der Waals surface area contributed by atoms with E-state index in [0.29, 0.717) is 6.61 Å². The Morgan fingerprint density at radius 2 is 1.83 bits per heavy atom. The van der Waals surface area contributed by atoms with Gasteiger partial charge in [-0.2, -0.15) is 0 Å². The van der Waals surface area contributed by atoms with Crippen molar-refractivity contribution in [1.82, 2.24) is 14.9 Å². The van der Waals surface area contributed by atoms with Gasteiger partial charge in [0.2, 0.25) is 0 Å². The molecule has 6 heteroatoms. The highest BCUT2D eigenvalue weighted by Crippen LogP contribution is 2.37. The Balaban J connectivity index is 1.60. The number of benzene rings is 2. The lowest BCUT2D eigenvalue weighted by Gasteiger charge is -2.41. The Morgan fingerprint density at radius 1 is 1.14 bits per heavy atom. The van der Waals surface area contributed by atoms with Crippen molar-refractivity contribution in [3.63, 3.8) is 0 Å². The summed E-state index contributed by atoms with van der Waals surface area (Å²) in [6.07, 6.45) is 5.34. The zero-order valence-electron chi connectivity index (χ0n) is 17.4. The molecule has 1 aliphatic rings. The third kappa shape index (κ3) is 4.19. The van der Waals surface area contributed by atoms with Gasteiger partial charge in [-0.3, -0.25) is 9.97 Å². The van der Waals surface area contributed by atoms with Crippen LogP contribution in [0.2, 0.25) is 0 Å². The average Bonchev–Trinajstić information content (AvgIpc) is 2.73. The van der Waals surface area contributed by atoms with Crippen molar-refractivity contribution < 1.29 is 9.13 Å². The van der Waals surface area contributed by atoms with Crippen LogP contribution in [0.3, 0.4) is 0 Å². The Bertz CT molecular complexity index is 987. The number of halogens is 1. The highest BCUT2D eigenvalue weighted by molar-refractivity contribution is 6.33. The van der Waals surface area contributed by atoms with Gasteiger partial charge >= 0.3 is 0 Å². The van der Waals surface area contributed by atoms with Crippen LogP contribution in [0.15, 0.2) is 48.8 Å². The SMILES string of the molecule is Bc1cc(C(C)OCC2(c3ccc(F)cc3)CCN(C)CC2)c2nccnc2c1. The van der Waals surface area contributed by atoms with Crippen LogP contribution in [0.1, 0.15) is 37.0 Å². The van der Waals surface area contributed by atoms with E-state index in [1.165, 1.54) is 0 Å². The van der Waals surface area contributed by atoms with Gasteiger partial charge in [-0.25, -0.2) is 4.39 Å². The second-order valence-electron chi connectivity index (χ2n) is 8.32. The van der Waals surface area contributed by atoms with Crippen molar-refractivity contribution in [1.29, 1.82) is 0 Å².